The van der Waals surface area contributed by atoms with Gasteiger partial charge in [-0.2, -0.15) is 0 Å². The van der Waals surface area contributed by atoms with Crippen molar-refractivity contribution in [1.82, 2.24) is 10.2 Å². The van der Waals surface area contributed by atoms with Gasteiger partial charge in [0.15, 0.2) is 0 Å². The summed E-state index contributed by atoms with van der Waals surface area (Å²) in [6, 6.07) is 4.69. The van der Waals surface area contributed by atoms with E-state index in [1.807, 2.05) is 0 Å². The topological polar surface area (TPSA) is 78.5 Å². The Bertz CT molecular complexity index is 612. The summed E-state index contributed by atoms with van der Waals surface area (Å²) in [5.74, 6) is -0.136. The maximum absolute atomic E-state index is 11.8. The highest BCUT2D eigenvalue weighted by atomic mass is 35.5. The zero-order valence-electron chi connectivity index (χ0n) is 11.4. The molecule has 2 N–H and O–H groups in total. The van der Waals surface area contributed by atoms with E-state index < -0.39 is 5.91 Å². The fourth-order valence-corrected chi connectivity index (χ4v) is 2.93. The Labute approximate surface area is 141 Å². The zero-order chi connectivity index (χ0) is 16.1. The van der Waals surface area contributed by atoms with Crippen LogP contribution in [-0.4, -0.2) is 47.3 Å². The maximum atomic E-state index is 11.8. The lowest BCUT2D eigenvalue weighted by atomic mass is 10.3. The van der Waals surface area contributed by atoms with Gasteiger partial charge in [0.25, 0.3) is 5.24 Å². The van der Waals surface area contributed by atoms with Gasteiger partial charge in [-0.3, -0.25) is 14.4 Å². The predicted molar refractivity (Wildman–Crippen MR) is 87.5 cm³/mol. The molecule has 1 aliphatic rings. The SMILES string of the molecule is O=C(CN1CCSC1=O)NCC(=O)Nc1cc(Cl)ccc1Cl. The third-order valence-corrected chi connectivity index (χ3v) is 4.28. The Morgan fingerprint density at radius 1 is 1.27 bits per heavy atom. The second-order valence-electron chi connectivity index (χ2n) is 4.48. The van der Waals surface area contributed by atoms with Crippen molar-refractivity contribution in [2.75, 3.05) is 30.7 Å². The maximum Gasteiger partial charge on any atom is 0.282 e. The van der Waals surface area contributed by atoms with E-state index in [4.69, 9.17) is 23.2 Å². The fraction of sp³-hybridized carbons (Fsp3) is 0.308. The summed E-state index contributed by atoms with van der Waals surface area (Å²) in [5.41, 5.74) is 0.375. The molecule has 1 aromatic carbocycles. The number of rotatable bonds is 5. The Morgan fingerprint density at radius 2 is 2.05 bits per heavy atom. The van der Waals surface area contributed by atoms with Gasteiger partial charge in [0, 0.05) is 17.3 Å². The van der Waals surface area contributed by atoms with Gasteiger partial charge < -0.3 is 15.5 Å². The Kier molecular flexibility index (Phi) is 5.93. The summed E-state index contributed by atoms with van der Waals surface area (Å²) in [6.45, 7) is 0.287. The van der Waals surface area contributed by atoms with Crippen LogP contribution in [0.5, 0.6) is 0 Å². The molecule has 1 aromatic rings. The van der Waals surface area contributed by atoms with Crippen molar-refractivity contribution in [3.8, 4) is 0 Å². The van der Waals surface area contributed by atoms with Crippen LogP contribution in [0, 0.1) is 0 Å². The van der Waals surface area contributed by atoms with Gasteiger partial charge in [-0.25, -0.2) is 0 Å². The van der Waals surface area contributed by atoms with Crippen LogP contribution in [0.3, 0.4) is 0 Å². The number of anilines is 1. The van der Waals surface area contributed by atoms with Crippen molar-refractivity contribution in [2.24, 2.45) is 0 Å². The normalized spacial score (nSPS) is 14.1. The standard InChI is InChI=1S/C13H13Cl2N3O3S/c14-8-1-2-9(15)10(5-8)17-11(19)6-16-12(20)7-18-3-4-22-13(18)21/h1-2,5H,3-4,6-7H2,(H,16,20)(H,17,19). The number of carbonyl (C=O) groups is 3. The first-order valence-electron chi connectivity index (χ1n) is 6.39. The average Bonchev–Trinajstić information content (AvgIpc) is 2.86. The number of nitrogens with zero attached hydrogens (tertiary/aromatic N) is 1. The molecular formula is C13H13Cl2N3O3S. The number of carbonyl (C=O) groups excluding carboxylic acids is 3. The Balaban J connectivity index is 1.78. The minimum Gasteiger partial charge on any atom is -0.345 e. The molecule has 1 saturated heterocycles. The molecule has 1 heterocycles. The molecule has 118 valence electrons. The van der Waals surface area contributed by atoms with Crippen LogP contribution in [0.4, 0.5) is 10.5 Å². The lowest BCUT2D eigenvalue weighted by molar-refractivity contribution is -0.124. The number of benzene rings is 1. The third-order valence-electron chi connectivity index (χ3n) is 2.83. The molecule has 0 radical (unpaired) electrons. The molecular weight excluding hydrogens is 349 g/mol. The van der Waals surface area contributed by atoms with Gasteiger partial charge in [-0.05, 0) is 18.2 Å². The molecule has 1 fully saturated rings. The van der Waals surface area contributed by atoms with Crippen LogP contribution in [0.1, 0.15) is 0 Å². The first kappa shape index (κ1) is 16.9. The van der Waals surface area contributed by atoms with E-state index in [-0.39, 0.29) is 24.2 Å². The summed E-state index contributed by atoms with van der Waals surface area (Å²) in [7, 11) is 0. The molecule has 6 nitrogen and oxygen atoms in total. The van der Waals surface area contributed by atoms with Crippen molar-refractivity contribution in [2.45, 2.75) is 0 Å². The smallest absolute Gasteiger partial charge is 0.282 e. The van der Waals surface area contributed by atoms with Gasteiger partial charge in [0.2, 0.25) is 11.8 Å². The van der Waals surface area contributed by atoms with Crippen LogP contribution in [0.25, 0.3) is 0 Å². The van der Waals surface area contributed by atoms with Gasteiger partial charge in [0.1, 0.15) is 6.54 Å². The van der Waals surface area contributed by atoms with Gasteiger partial charge in [0.05, 0.1) is 17.3 Å². The highest BCUT2D eigenvalue weighted by molar-refractivity contribution is 8.13. The van der Waals surface area contributed by atoms with Crippen molar-refractivity contribution in [1.29, 1.82) is 0 Å². The Morgan fingerprint density at radius 3 is 2.73 bits per heavy atom. The van der Waals surface area contributed by atoms with E-state index >= 15 is 0 Å². The summed E-state index contributed by atoms with van der Waals surface area (Å²) < 4.78 is 0. The fourth-order valence-electron chi connectivity index (χ4n) is 1.77. The van der Waals surface area contributed by atoms with Crippen LogP contribution < -0.4 is 10.6 Å². The van der Waals surface area contributed by atoms with E-state index in [2.05, 4.69) is 10.6 Å². The first-order chi connectivity index (χ1) is 10.5. The van der Waals surface area contributed by atoms with Crippen molar-refractivity contribution in [3.05, 3.63) is 28.2 Å². The van der Waals surface area contributed by atoms with Crippen LogP contribution >= 0.6 is 35.0 Å². The second-order valence-corrected chi connectivity index (χ2v) is 6.37. The predicted octanol–water partition coefficient (Wildman–Crippen LogP) is 2.22. The molecule has 9 heteroatoms. The first-order valence-corrected chi connectivity index (χ1v) is 8.13. The van der Waals surface area contributed by atoms with Crippen LogP contribution in [0.2, 0.25) is 10.0 Å². The molecule has 0 spiro atoms. The molecule has 0 aliphatic carbocycles. The molecule has 22 heavy (non-hydrogen) atoms. The van der Waals surface area contributed by atoms with Gasteiger partial charge in [-0.1, -0.05) is 35.0 Å². The van der Waals surface area contributed by atoms with E-state index in [0.717, 1.165) is 0 Å². The summed E-state index contributed by atoms with van der Waals surface area (Å²) in [4.78, 5) is 36.2. The second kappa shape index (κ2) is 7.71. The minimum absolute atomic E-state index is 0.0446. The number of hydrogen-bond donors (Lipinski definition) is 2. The van der Waals surface area contributed by atoms with E-state index in [1.165, 1.54) is 22.7 Å². The van der Waals surface area contributed by atoms with E-state index in [9.17, 15) is 14.4 Å². The number of halogens is 2. The highest BCUT2D eigenvalue weighted by Gasteiger charge is 2.23. The van der Waals surface area contributed by atoms with E-state index in [0.29, 0.717) is 28.0 Å². The molecule has 1 aliphatic heterocycles. The molecule has 0 aromatic heterocycles. The largest absolute Gasteiger partial charge is 0.345 e. The third kappa shape index (κ3) is 4.79. The van der Waals surface area contributed by atoms with Crippen molar-refractivity contribution < 1.29 is 14.4 Å². The van der Waals surface area contributed by atoms with Gasteiger partial charge in [-0.15, -0.1) is 0 Å². The molecule has 0 bridgehead atoms. The molecule has 0 atom stereocenters. The van der Waals surface area contributed by atoms with Crippen LogP contribution in [0.15, 0.2) is 18.2 Å². The quantitative estimate of drug-likeness (QED) is 0.842. The highest BCUT2D eigenvalue weighted by Crippen LogP contribution is 2.25. The lowest BCUT2D eigenvalue weighted by Crippen LogP contribution is -2.40. The molecule has 2 rings (SSSR count). The number of hydrogen-bond acceptors (Lipinski definition) is 4. The van der Waals surface area contributed by atoms with Gasteiger partial charge >= 0.3 is 0 Å². The number of amides is 3. The molecule has 0 saturated carbocycles. The van der Waals surface area contributed by atoms with E-state index in [1.54, 1.807) is 12.1 Å². The lowest BCUT2D eigenvalue weighted by Gasteiger charge is -2.14. The summed E-state index contributed by atoms with van der Waals surface area (Å²) >= 11 is 12.9. The van der Waals surface area contributed by atoms with Crippen LogP contribution in [-0.2, 0) is 9.59 Å². The molecule has 3 amide bonds. The average molecular weight is 362 g/mol. The summed E-state index contributed by atoms with van der Waals surface area (Å²) in [5, 5.41) is 5.68. The number of thioether (sulfide) groups is 1. The molecule has 0 unspecified atom stereocenters. The van der Waals surface area contributed by atoms with Crippen molar-refractivity contribution >= 4 is 57.7 Å². The minimum atomic E-state index is -0.431. The summed E-state index contributed by atoms with van der Waals surface area (Å²) in [6.07, 6.45) is 0. The Hall–Kier alpha value is -1.44. The number of nitrogens with one attached hydrogen (secondary N) is 2. The zero-order valence-corrected chi connectivity index (χ0v) is 13.7. The monoisotopic (exact) mass is 361 g/mol. The van der Waals surface area contributed by atoms with Crippen molar-refractivity contribution in [3.63, 3.8) is 0 Å².